The minimum Gasteiger partial charge on any atom is -0.480 e. The molecule has 7 heteroatoms. The predicted molar refractivity (Wildman–Crippen MR) is 68.3 cm³/mol. The molecule has 1 aromatic rings. The molecule has 0 radical (unpaired) electrons. The Balaban J connectivity index is 1.98. The summed E-state index contributed by atoms with van der Waals surface area (Å²) in [7, 11) is 0. The number of hydrogen-bond acceptors (Lipinski definition) is 3. The lowest BCUT2D eigenvalue weighted by Gasteiger charge is -2.45. The SMILES string of the molecule is O=C(O)N1CC(NCc2ccc(Cl)cc2)(C(=O)O)C1. The third-order valence-electron chi connectivity index (χ3n) is 3.15. The molecule has 19 heavy (non-hydrogen) atoms. The van der Waals surface area contributed by atoms with Crippen molar-refractivity contribution in [2.45, 2.75) is 12.1 Å². The number of nitrogens with one attached hydrogen (secondary N) is 1. The summed E-state index contributed by atoms with van der Waals surface area (Å²) in [5, 5.41) is 21.5. The van der Waals surface area contributed by atoms with Crippen LogP contribution in [0.2, 0.25) is 5.02 Å². The maximum atomic E-state index is 11.2. The molecule has 1 aromatic carbocycles. The van der Waals surface area contributed by atoms with Crippen LogP contribution in [0, 0.1) is 0 Å². The van der Waals surface area contributed by atoms with Crippen LogP contribution in [0.15, 0.2) is 24.3 Å². The molecule has 0 bridgehead atoms. The normalized spacial score (nSPS) is 16.8. The van der Waals surface area contributed by atoms with Crippen molar-refractivity contribution in [3.63, 3.8) is 0 Å². The summed E-state index contributed by atoms with van der Waals surface area (Å²) in [5.41, 5.74) is -0.309. The third-order valence-corrected chi connectivity index (χ3v) is 3.40. The van der Waals surface area contributed by atoms with Crippen molar-refractivity contribution < 1.29 is 19.8 Å². The summed E-state index contributed by atoms with van der Waals surface area (Å²) in [6, 6.07) is 7.02. The number of benzene rings is 1. The lowest BCUT2D eigenvalue weighted by Crippen LogP contribution is -2.73. The monoisotopic (exact) mass is 284 g/mol. The van der Waals surface area contributed by atoms with Crippen LogP contribution in [0.3, 0.4) is 0 Å². The predicted octanol–water partition coefficient (Wildman–Crippen LogP) is 1.25. The Labute approximate surface area is 114 Å². The van der Waals surface area contributed by atoms with E-state index in [1.54, 1.807) is 24.3 Å². The number of carboxylic acids is 1. The maximum Gasteiger partial charge on any atom is 0.407 e. The summed E-state index contributed by atoms with van der Waals surface area (Å²) < 4.78 is 0. The molecule has 1 fully saturated rings. The van der Waals surface area contributed by atoms with E-state index in [1.165, 1.54) is 0 Å². The number of rotatable bonds is 4. The van der Waals surface area contributed by atoms with E-state index in [-0.39, 0.29) is 13.1 Å². The Hall–Kier alpha value is -1.79. The Bertz CT molecular complexity index is 497. The summed E-state index contributed by atoms with van der Waals surface area (Å²) in [6.45, 7) is 0.243. The quantitative estimate of drug-likeness (QED) is 0.774. The first-order valence-electron chi connectivity index (χ1n) is 5.64. The van der Waals surface area contributed by atoms with Gasteiger partial charge >= 0.3 is 12.1 Å². The molecule has 2 rings (SSSR count). The molecule has 0 spiro atoms. The molecule has 6 nitrogen and oxygen atoms in total. The van der Waals surface area contributed by atoms with Gasteiger partial charge in [0.2, 0.25) is 0 Å². The molecule has 102 valence electrons. The van der Waals surface area contributed by atoms with E-state index < -0.39 is 17.6 Å². The number of aliphatic carboxylic acids is 1. The first-order chi connectivity index (χ1) is 8.93. The number of halogens is 1. The van der Waals surface area contributed by atoms with Gasteiger partial charge in [-0.25, -0.2) is 4.79 Å². The fourth-order valence-corrected chi connectivity index (χ4v) is 2.06. The minimum absolute atomic E-state index is 0.0503. The van der Waals surface area contributed by atoms with Crippen LogP contribution in [0.1, 0.15) is 5.56 Å². The molecule has 0 aromatic heterocycles. The van der Waals surface area contributed by atoms with Crippen LogP contribution >= 0.6 is 11.6 Å². The van der Waals surface area contributed by atoms with Gasteiger partial charge < -0.3 is 15.1 Å². The molecule has 1 saturated heterocycles. The van der Waals surface area contributed by atoms with E-state index in [9.17, 15) is 14.7 Å². The van der Waals surface area contributed by atoms with Crippen LogP contribution in [0.5, 0.6) is 0 Å². The van der Waals surface area contributed by atoms with Gasteiger partial charge in [-0.3, -0.25) is 10.1 Å². The fourth-order valence-electron chi connectivity index (χ4n) is 1.94. The zero-order valence-corrected chi connectivity index (χ0v) is 10.7. The second-order valence-corrected chi connectivity index (χ2v) is 4.94. The highest BCUT2D eigenvalue weighted by Crippen LogP contribution is 2.22. The topological polar surface area (TPSA) is 89.9 Å². The standard InChI is InChI=1S/C12H13ClN2O4/c13-9-3-1-8(2-4-9)5-14-12(10(16)17)6-15(7-12)11(18)19/h1-4,14H,5-7H2,(H,16,17)(H,18,19). The Morgan fingerprint density at radius 3 is 2.32 bits per heavy atom. The van der Waals surface area contributed by atoms with E-state index in [1.807, 2.05) is 0 Å². The van der Waals surface area contributed by atoms with Crippen LogP contribution < -0.4 is 5.32 Å². The number of likely N-dealkylation sites (tertiary alicyclic amines) is 1. The molecule has 1 heterocycles. The molecule has 1 aliphatic rings. The Morgan fingerprint density at radius 1 is 1.26 bits per heavy atom. The second kappa shape index (κ2) is 5.07. The Morgan fingerprint density at radius 2 is 1.84 bits per heavy atom. The van der Waals surface area contributed by atoms with Gasteiger partial charge in [-0.15, -0.1) is 0 Å². The van der Waals surface area contributed by atoms with Gasteiger partial charge in [0.15, 0.2) is 5.54 Å². The van der Waals surface area contributed by atoms with E-state index in [0.717, 1.165) is 10.5 Å². The van der Waals surface area contributed by atoms with Crippen molar-refractivity contribution in [3.05, 3.63) is 34.9 Å². The Kier molecular flexibility index (Phi) is 3.64. The average Bonchev–Trinajstić information content (AvgIpc) is 2.29. The highest BCUT2D eigenvalue weighted by atomic mass is 35.5. The number of carboxylic acid groups (broad SMARTS) is 2. The number of nitrogens with zero attached hydrogens (tertiary/aromatic N) is 1. The van der Waals surface area contributed by atoms with Gasteiger partial charge in [-0.2, -0.15) is 0 Å². The molecule has 3 N–H and O–H groups in total. The van der Waals surface area contributed by atoms with E-state index in [0.29, 0.717) is 11.6 Å². The first-order valence-corrected chi connectivity index (χ1v) is 6.01. The van der Waals surface area contributed by atoms with Crippen molar-refractivity contribution in [2.24, 2.45) is 0 Å². The van der Waals surface area contributed by atoms with Crippen molar-refractivity contribution in [3.8, 4) is 0 Å². The summed E-state index contributed by atoms with van der Waals surface area (Å²) >= 11 is 5.76. The fraction of sp³-hybridized carbons (Fsp3) is 0.333. The minimum atomic E-state index is -1.20. The average molecular weight is 285 g/mol. The van der Waals surface area contributed by atoms with Crippen LogP contribution in [-0.4, -0.2) is 45.8 Å². The third kappa shape index (κ3) is 2.80. The number of amides is 1. The smallest absolute Gasteiger partial charge is 0.407 e. The van der Waals surface area contributed by atoms with Crippen molar-refractivity contribution in [1.82, 2.24) is 10.2 Å². The van der Waals surface area contributed by atoms with Gasteiger partial charge in [0.05, 0.1) is 13.1 Å². The van der Waals surface area contributed by atoms with Crippen molar-refractivity contribution >= 4 is 23.7 Å². The van der Waals surface area contributed by atoms with Crippen LogP contribution in [0.25, 0.3) is 0 Å². The van der Waals surface area contributed by atoms with Crippen LogP contribution in [0.4, 0.5) is 4.79 Å². The molecule has 0 saturated carbocycles. The van der Waals surface area contributed by atoms with E-state index in [2.05, 4.69) is 5.32 Å². The number of carbonyl (C=O) groups is 2. The largest absolute Gasteiger partial charge is 0.480 e. The highest BCUT2D eigenvalue weighted by Gasteiger charge is 2.51. The van der Waals surface area contributed by atoms with Gasteiger partial charge in [0.25, 0.3) is 0 Å². The van der Waals surface area contributed by atoms with Gasteiger partial charge in [-0.05, 0) is 17.7 Å². The second-order valence-electron chi connectivity index (χ2n) is 4.51. The molecular weight excluding hydrogens is 272 g/mol. The maximum absolute atomic E-state index is 11.2. The number of hydrogen-bond donors (Lipinski definition) is 3. The first kappa shape index (κ1) is 13.6. The molecule has 0 unspecified atom stereocenters. The van der Waals surface area contributed by atoms with E-state index >= 15 is 0 Å². The lowest BCUT2D eigenvalue weighted by molar-refractivity contribution is -0.151. The molecular formula is C12H13ClN2O4. The summed E-state index contributed by atoms with van der Waals surface area (Å²) in [5.74, 6) is -1.04. The molecule has 1 aliphatic heterocycles. The molecule has 1 amide bonds. The van der Waals surface area contributed by atoms with Crippen molar-refractivity contribution in [1.29, 1.82) is 0 Å². The summed E-state index contributed by atoms with van der Waals surface area (Å²) in [4.78, 5) is 23.0. The highest BCUT2D eigenvalue weighted by molar-refractivity contribution is 6.30. The van der Waals surface area contributed by atoms with Gasteiger partial charge in [-0.1, -0.05) is 23.7 Å². The molecule has 0 aliphatic carbocycles. The lowest BCUT2D eigenvalue weighted by atomic mass is 9.90. The van der Waals surface area contributed by atoms with Gasteiger partial charge in [0.1, 0.15) is 0 Å². The van der Waals surface area contributed by atoms with Crippen molar-refractivity contribution in [2.75, 3.05) is 13.1 Å². The zero-order valence-electron chi connectivity index (χ0n) is 9.97. The van der Waals surface area contributed by atoms with Crippen LogP contribution in [-0.2, 0) is 11.3 Å². The van der Waals surface area contributed by atoms with Gasteiger partial charge in [0, 0.05) is 11.6 Å². The van der Waals surface area contributed by atoms with E-state index in [4.69, 9.17) is 16.7 Å². The summed E-state index contributed by atoms with van der Waals surface area (Å²) in [6.07, 6.45) is -1.11. The zero-order chi connectivity index (χ0) is 14.0. The molecule has 0 atom stereocenters.